The fourth-order valence-corrected chi connectivity index (χ4v) is 3.64. The number of H-pyrrole nitrogens is 1. The van der Waals surface area contributed by atoms with E-state index in [4.69, 9.17) is 10.5 Å². The van der Waals surface area contributed by atoms with Crippen molar-refractivity contribution in [3.05, 3.63) is 86.6 Å². The Hall–Kier alpha value is -3.81. The maximum Gasteiger partial charge on any atom is 0.330 e. The molecule has 0 unspecified atom stereocenters. The topological polar surface area (TPSA) is 110 Å². The summed E-state index contributed by atoms with van der Waals surface area (Å²) < 4.78 is 7.17. The van der Waals surface area contributed by atoms with Gasteiger partial charge in [0.15, 0.2) is 5.69 Å². The Morgan fingerprint density at radius 2 is 1.74 bits per heavy atom. The van der Waals surface area contributed by atoms with Crippen molar-refractivity contribution in [1.29, 1.82) is 0 Å². The summed E-state index contributed by atoms with van der Waals surface area (Å²) in [6.07, 6.45) is 0. The van der Waals surface area contributed by atoms with Gasteiger partial charge in [0, 0.05) is 18.7 Å². The summed E-state index contributed by atoms with van der Waals surface area (Å²) in [4.78, 5) is 42.5. The first-order valence-corrected chi connectivity index (χ1v) is 11.4. The van der Waals surface area contributed by atoms with Gasteiger partial charge in [-0.15, -0.1) is 0 Å². The van der Waals surface area contributed by atoms with E-state index in [2.05, 4.69) is 4.98 Å². The SMILES string of the molecule is CC(C)CN(C(=O)c1cccc(OCc2ccccc2)c1)c1c(N)n(CC(C)C)c(=O)[nH]c1=O. The van der Waals surface area contributed by atoms with E-state index >= 15 is 0 Å². The lowest BCUT2D eigenvalue weighted by molar-refractivity contribution is 0.0983. The number of nitrogen functional groups attached to an aromatic ring is 1. The van der Waals surface area contributed by atoms with Crippen LogP contribution in [0.1, 0.15) is 43.6 Å². The highest BCUT2D eigenvalue weighted by Crippen LogP contribution is 2.23. The molecule has 34 heavy (non-hydrogen) atoms. The zero-order chi connectivity index (χ0) is 24.8. The first kappa shape index (κ1) is 24.8. The predicted octanol–water partition coefficient (Wildman–Crippen LogP) is 3.66. The second-order valence-electron chi connectivity index (χ2n) is 9.11. The van der Waals surface area contributed by atoms with Crippen LogP contribution in [-0.2, 0) is 13.2 Å². The Kier molecular flexibility index (Phi) is 7.94. The van der Waals surface area contributed by atoms with E-state index in [9.17, 15) is 14.4 Å². The zero-order valence-electron chi connectivity index (χ0n) is 20.1. The molecule has 180 valence electrons. The first-order chi connectivity index (χ1) is 16.2. The molecule has 0 spiro atoms. The van der Waals surface area contributed by atoms with Crippen LogP contribution in [0.3, 0.4) is 0 Å². The van der Waals surface area contributed by atoms with E-state index < -0.39 is 17.2 Å². The quantitative estimate of drug-likeness (QED) is 0.502. The minimum absolute atomic E-state index is 0.0189. The number of aromatic nitrogens is 2. The minimum Gasteiger partial charge on any atom is -0.489 e. The van der Waals surface area contributed by atoms with E-state index in [-0.39, 0.29) is 29.9 Å². The maximum atomic E-state index is 13.6. The van der Waals surface area contributed by atoms with Gasteiger partial charge in [-0.3, -0.25) is 19.1 Å². The summed E-state index contributed by atoms with van der Waals surface area (Å²) in [5.41, 5.74) is 6.36. The summed E-state index contributed by atoms with van der Waals surface area (Å²) in [6, 6.07) is 16.5. The van der Waals surface area contributed by atoms with Gasteiger partial charge in [-0.25, -0.2) is 4.79 Å². The number of carbonyl (C=O) groups is 1. The van der Waals surface area contributed by atoms with Crippen LogP contribution in [0.2, 0.25) is 0 Å². The molecular weight excluding hydrogens is 432 g/mol. The molecule has 8 nitrogen and oxygen atoms in total. The number of anilines is 2. The molecule has 8 heteroatoms. The molecule has 0 fully saturated rings. The molecule has 0 aliphatic rings. The van der Waals surface area contributed by atoms with Gasteiger partial charge in [-0.1, -0.05) is 64.1 Å². The molecular formula is C26H32N4O4. The summed E-state index contributed by atoms with van der Waals surface area (Å²) in [5.74, 6) is 0.279. The summed E-state index contributed by atoms with van der Waals surface area (Å²) in [7, 11) is 0. The molecule has 0 atom stereocenters. The highest BCUT2D eigenvalue weighted by molar-refractivity contribution is 6.07. The number of nitrogens with zero attached hydrogens (tertiary/aromatic N) is 2. The van der Waals surface area contributed by atoms with E-state index in [0.29, 0.717) is 24.5 Å². The van der Waals surface area contributed by atoms with Crippen LogP contribution < -0.4 is 26.6 Å². The molecule has 1 aromatic heterocycles. The number of ether oxygens (including phenoxy) is 1. The summed E-state index contributed by atoms with van der Waals surface area (Å²) in [5, 5.41) is 0. The van der Waals surface area contributed by atoms with Crippen LogP contribution in [0.15, 0.2) is 64.2 Å². The third-order valence-electron chi connectivity index (χ3n) is 5.15. The average Bonchev–Trinajstić information content (AvgIpc) is 2.79. The zero-order valence-corrected chi connectivity index (χ0v) is 20.1. The number of amides is 1. The van der Waals surface area contributed by atoms with Crippen LogP contribution in [0.5, 0.6) is 5.75 Å². The molecule has 1 amide bonds. The van der Waals surface area contributed by atoms with Gasteiger partial charge in [0.2, 0.25) is 0 Å². The number of carbonyl (C=O) groups excluding carboxylic acids is 1. The van der Waals surface area contributed by atoms with Crippen LogP contribution in [0.25, 0.3) is 0 Å². The number of nitrogens with one attached hydrogen (secondary N) is 1. The molecule has 2 aromatic carbocycles. The molecule has 0 aliphatic carbocycles. The minimum atomic E-state index is -0.687. The first-order valence-electron chi connectivity index (χ1n) is 11.4. The monoisotopic (exact) mass is 464 g/mol. The van der Waals surface area contributed by atoms with Crippen molar-refractivity contribution in [3.8, 4) is 5.75 Å². The van der Waals surface area contributed by atoms with Gasteiger partial charge in [-0.2, -0.15) is 0 Å². The van der Waals surface area contributed by atoms with Gasteiger partial charge in [0.05, 0.1) is 0 Å². The number of nitrogens with two attached hydrogens (primary N) is 1. The molecule has 0 saturated heterocycles. The van der Waals surface area contributed by atoms with Crippen molar-refractivity contribution in [2.75, 3.05) is 17.2 Å². The Bertz CT molecular complexity index is 1250. The lowest BCUT2D eigenvalue weighted by atomic mass is 10.1. The second kappa shape index (κ2) is 10.9. The highest BCUT2D eigenvalue weighted by atomic mass is 16.5. The average molecular weight is 465 g/mol. The maximum absolute atomic E-state index is 13.6. The molecule has 3 N–H and O–H groups in total. The third-order valence-corrected chi connectivity index (χ3v) is 5.15. The van der Waals surface area contributed by atoms with Crippen LogP contribution in [0.4, 0.5) is 11.5 Å². The van der Waals surface area contributed by atoms with E-state index in [1.54, 1.807) is 24.3 Å². The van der Waals surface area contributed by atoms with Crippen molar-refractivity contribution < 1.29 is 9.53 Å². The largest absolute Gasteiger partial charge is 0.489 e. The number of rotatable bonds is 9. The van der Waals surface area contributed by atoms with Crippen LogP contribution in [-0.4, -0.2) is 22.0 Å². The molecule has 0 bridgehead atoms. The summed E-state index contributed by atoms with van der Waals surface area (Å²) in [6.45, 7) is 8.69. The Morgan fingerprint density at radius 3 is 2.38 bits per heavy atom. The smallest absolute Gasteiger partial charge is 0.330 e. The van der Waals surface area contributed by atoms with Crippen LogP contribution in [0, 0.1) is 11.8 Å². The standard InChI is InChI=1S/C26H32N4O4/c1-17(2)14-29(22-23(27)30(15-18(3)4)26(33)28-24(22)31)25(32)20-11-8-12-21(13-20)34-16-19-9-6-5-7-10-19/h5-13,17-18H,14-16,27H2,1-4H3,(H,28,31,33). The van der Waals surface area contributed by atoms with Crippen molar-refractivity contribution in [2.45, 2.75) is 40.8 Å². The lowest BCUT2D eigenvalue weighted by Gasteiger charge is -2.26. The fourth-order valence-electron chi connectivity index (χ4n) is 3.64. The molecule has 0 radical (unpaired) electrons. The van der Waals surface area contributed by atoms with Crippen molar-refractivity contribution in [1.82, 2.24) is 9.55 Å². The van der Waals surface area contributed by atoms with E-state index in [1.165, 1.54) is 9.47 Å². The normalized spacial score (nSPS) is 11.1. The Labute approximate surface area is 199 Å². The van der Waals surface area contributed by atoms with Crippen LogP contribution >= 0.6 is 0 Å². The number of hydrogen-bond acceptors (Lipinski definition) is 5. The third kappa shape index (κ3) is 5.95. The molecule has 1 heterocycles. The number of hydrogen-bond donors (Lipinski definition) is 2. The van der Waals surface area contributed by atoms with Gasteiger partial charge in [0.1, 0.15) is 18.2 Å². The fraction of sp³-hybridized carbons (Fsp3) is 0.346. The van der Waals surface area contributed by atoms with E-state index in [1.807, 2.05) is 58.0 Å². The van der Waals surface area contributed by atoms with Gasteiger partial charge in [-0.05, 0) is 35.6 Å². The van der Waals surface area contributed by atoms with Crippen molar-refractivity contribution >= 4 is 17.4 Å². The predicted molar refractivity (Wildman–Crippen MR) is 134 cm³/mol. The Morgan fingerprint density at radius 1 is 1.03 bits per heavy atom. The molecule has 0 aliphatic heterocycles. The number of aromatic amines is 1. The Balaban J connectivity index is 1.97. The highest BCUT2D eigenvalue weighted by Gasteiger charge is 2.26. The molecule has 3 rings (SSSR count). The molecule has 0 saturated carbocycles. The second-order valence-corrected chi connectivity index (χ2v) is 9.11. The summed E-state index contributed by atoms with van der Waals surface area (Å²) >= 11 is 0. The molecule has 3 aromatic rings. The van der Waals surface area contributed by atoms with Crippen molar-refractivity contribution in [2.24, 2.45) is 11.8 Å². The van der Waals surface area contributed by atoms with Crippen molar-refractivity contribution in [3.63, 3.8) is 0 Å². The lowest BCUT2D eigenvalue weighted by Crippen LogP contribution is -2.43. The van der Waals surface area contributed by atoms with Gasteiger partial charge >= 0.3 is 5.69 Å². The van der Waals surface area contributed by atoms with E-state index in [0.717, 1.165) is 5.56 Å². The van der Waals surface area contributed by atoms with Gasteiger partial charge < -0.3 is 15.4 Å². The number of benzene rings is 2. The van der Waals surface area contributed by atoms with Gasteiger partial charge in [0.25, 0.3) is 11.5 Å².